The molecule has 0 atom stereocenters. The van der Waals surface area contributed by atoms with E-state index in [1.807, 2.05) is 18.0 Å². The molecule has 1 aromatic heterocycles. The summed E-state index contributed by atoms with van der Waals surface area (Å²) < 4.78 is 0. The predicted molar refractivity (Wildman–Crippen MR) is 46.3 cm³/mol. The second kappa shape index (κ2) is 1.80. The number of nitrogens with one attached hydrogen (secondary N) is 1. The third-order valence-electron chi connectivity index (χ3n) is 2.08. The molecule has 2 nitrogen and oxygen atoms in total. The van der Waals surface area contributed by atoms with Crippen LogP contribution in [0.4, 0.5) is 0 Å². The molecule has 0 saturated heterocycles. The van der Waals surface area contributed by atoms with Gasteiger partial charge in [-0.1, -0.05) is 0 Å². The van der Waals surface area contributed by atoms with Gasteiger partial charge in [-0.3, -0.25) is 5.10 Å². The minimum atomic E-state index is 1.11. The van der Waals surface area contributed by atoms with Crippen molar-refractivity contribution < 1.29 is 0 Å². The zero-order valence-corrected chi connectivity index (χ0v) is 6.61. The monoisotopic (exact) mass is 162 g/mol. The lowest BCUT2D eigenvalue weighted by atomic mass is 10.2. The van der Waals surface area contributed by atoms with Crippen LogP contribution in [0.25, 0.3) is 11.6 Å². The lowest BCUT2D eigenvalue weighted by molar-refractivity contribution is 1.06. The van der Waals surface area contributed by atoms with Gasteiger partial charge in [0.25, 0.3) is 0 Å². The number of hydrogen-bond acceptors (Lipinski definition) is 2. The Morgan fingerprint density at radius 2 is 2.55 bits per heavy atom. The smallest absolute Gasteiger partial charge is 0.0659 e. The topological polar surface area (TPSA) is 28.7 Å². The maximum atomic E-state index is 3.99. The number of nitrogens with zero attached hydrogens (tertiary/aromatic N) is 1. The summed E-state index contributed by atoms with van der Waals surface area (Å²) in [5.41, 5.74) is 2.82. The van der Waals surface area contributed by atoms with Gasteiger partial charge in [-0.2, -0.15) is 5.10 Å². The molecule has 1 aliphatic heterocycles. The molecule has 1 aromatic rings. The fourth-order valence-corrected chi connectivity index (χ4v) is 2.49. The summed E-state index contributed by atoms with van der Waals surface area (Å²) >= 11 is 1.86. The molecule has 0 fully saturated rings. The molecule has 11 heavy (non-hydrogen) atoms. The van der Waals surface area contributed by atoms with Gasteiger partial charge in [0.05, 0.1) is 11.5 Å². The van der Waals surface area contributed by atoms with E-state index in [0.717, 1.165) is 5.75 Å². The standard InChI is InChI=1S/C8H6N2S/c1-5-3-11-4-7(5)6-2-9-10-8(1)6/h1-3,10H,4H2. The molecule has 0 unspecified atom stereocenters. The van der Waals surface area contributed by atoms with Crippen molar-refractivity contribution >= 4 is 23.4 Å². The normalized spacial score (nSPS) is 19.3. The van der Waals surface area contributed by atoms with Crippen LogP contribution in [0.15, 0.2) is 17.2 Å². The second-order valence-corrected chi connectivity index (χ2v) is 3.56. The third-order valence-corrected chi connectivity index (χ3v) is 2.96. The van der Waals surface area contributed by atoms with Crippen molar-refractivity contribution in [1.29, 1.82) is 0 Å². The maximum Gasteiger partial charge on any atom is 0.0659 e. The molecular weight excluding hydrogens is 156 g/mol. The zero-order valence-electron chi connectivity index (χ0n) is 5.79. The number of fused-ring (bicyclic) bond motifs is 2. The highest BCUT2D eigenvalue weighted by atomic mass is 32.2. The molecule has 0 spiro atoms. The maximum absolute atomic E-state index is 3.99. The van der Waals surface area contributed by atoms with E-state index in [2.05, 4.69) is 21.7 Å². The number of aromatic nitrogens is 2. The van der Waals surface area contributed by atoms with Crippen molar-refractivity contribution in [3.05, 3.63) is 27.7 Å². The van der Waals surface area contributed by atoms with Crippen LogP contribution in [0.2, 0.25) is 0 Å². The van der Waals surface area contributed by atoms with Gasteiger partial charge in [0.2, 0.25) is 0 Å². The van der Waals surface area contributed by atoms with Gasteiger partial charge in [-0.15, -0.1) is 11.8 Å². The Bertz CT molecular complexity index is 453. The van der Waals surface area contributed by atoms with Crippen molar-refractivity contribution in [2.24, 2.45) is 0 Å². The van der Waals surface area contributed by atoms with Crippen LogP contribution in [0.5, 0.6) is 0 Å². The van der Waals surface area contributed by atoms with Crippen LogP contribution in [-0.4, -0.2) is 16.0 Å². The molecule has 0 saturated carbocycles. The average Bonchev–Trinajstić information content (AvgIpc) is 2.52. The van der Waals surface area contributed by atoms with Gasteiger partial charge in [0, 0.05) is 11.0 Å². The Kier molecular flexibility index (Phi) is 0.924. The van der Waals surface area contributed by atoms with E-state index < -0.39 is 0 Å². The Labute approximate surface area is 67.7 Å². The van der Waals surface area contributed by atoms with E-state index in [1.165, 1.54) is 21.7 Å². The molecule has 3 heteroatoms. The zero-order chi connectivity index (χ0) is 7.26. The Morgan fingerprint density at radius 1 is 1.55 bits per heavy atom. The van der Waals surface area contributed by atoms with Gasteiger partial charge in [0.1, 0.15) is 0 Å². The molecule has 0 aromatic carbocycles. The van der Waals surface area contributed by atoms with E-state index in [1.54, 1.807) is 0 Å². The summed E-state index contributed by atoms with van der Waals surface area (Å²) in [6.45, 7) is 0. The first kappa shape index (κ1) is 5.66. The third kappa shape index (κ3) is 0.613. The minimum Gasteiger partial charge on any atom is -0.278 e. The molecule has 2 heterocycles. The lowest BCUT2D eigenvalue weighted by Gasteiger charge is -1.88. The van der Waals surface area contributed by atoms with Gasteiger partial charge in [-0.05, 0) is 22.6 Å². The van der Waals surface area contributed by atoms with Crippen LogP contribution < -0.4 is 10.6 Å². The van der Waals surface area contributed by atoms with Crippen molar-refractivity contribution in [1.82, 2.24) is 10.2 Å². The highest BCUT2D eigenvalue weighted by molar-refractivity contribution is 8.03. The number of aromatic amines is 1. The van der Waals surface area contributed by atoms with Crippen LogP contribution in [0.3, 0.4) is 0 Å². The summed E-state index contributed by atoms with van der Waals surface area (Å²) in [6, 6.07) is 0. The Morgan fingerprint density at radius 3 is 3.55 bits per heavy atom. The average molecular weight is 162 g/mol. The van der Waals surface area contributed by atoms with Gasteiger partial charge in [0.15, 0.2) is 0 Å². The summed E-state index contributed by atoms with van der Waals surface area (Å²) in [5.74, 6) is 1.11. The molecule has 1 aliphatic carbocycles. The fourth-order valence-electron chi connectivity index (χ4n) is 1.53. The molecule has 1 N–H and O–H groups in total. The van der Waals surface area contributed by atoms with Crippen molar-refractivity contribution in [3.63, 3.8) is 0 Å². The highest BCUT2D eigenvalue weighted by Gasteiger charge is 2.16. The van der Waals surface area contributed by atoms with E-state index >= 15 is 0 Å². The van der Waals surface area contributed by atoms with Crippen LogP contribution in [0.1, 0.15) is 0 Å². The molecular formula is C8H6N2S. The summed E-state index contributed by atoms with van der Waals surface area (Å²) in [5, 5.41) is 11.6. The quantitative estimate of drug-likeness (QED) is 0.581. The van der Waals surface area contributed by atoms with Crippen molar-refractivity contribution in [3.8, 4) is 0 Å². The minimum absolute atomic E-state index is 1.11. The predicted octanol–water partition coefficient (Wildman–Crippen LogP) is -0.0148. The van der Waals surface area contributed by atoms with Crippen LogP contribution in [0, 0.1) is 0 Å². The molecule has 54 valence electrons. The van der Waals surface area contributed by atoms with Crippen molar-refractivity contribution in [2.75, 3.05) is 5.75 Å². The number of hydrogen-bond donors (Lipinski definition) is 1. The Hall–Kier alpha value is -0.960. The number of allylic oxidation sites excluding steroid dienone is 1. The largest absolute Gasteiger partial charge is 0.278 e. The van der Waals surface area contributed by atoms with E-state index in [9.17, 15) is 0 Å². The number of rotatable bonds is 0. The molecule has 0 radical (unpaired) electrons. The Balaban J connectivity index is 2.55. The lowest BCUT2D eigenvalue weighted by Crippen LogP contribution is -2.20. The molecule has 2 aliphatic rings. The van der Waals surface area contributed by atoms with Crippen LogP contribution >= 0.6 is 11.8 Å². The molecule has 3 rings (SSSR count). The molecule has 0 bridgehead atoms. The van der Waals surface area contributed by atoms with Gasteiger partial charge < -0.3 is 0 Å². The number of H-pyrrole nitrogens is 1. The summed E-state index contributed by atoms with van der Waals surface area (Å²) in [6.07, 6.45) is 4.07. The second-order valence-electron chi connectivity index (χ2n) is 2.70. The van der Waals surface area contributed by atoms with E-state index in [-0.39, 0.29) is 0 Å². The summed E-state index contributed by atoms with van der Waals surface area (Å²) in [4.78, 5) is 0. The van der Waals surface area contributed by atoms with Crippen LogP contribution in [-0.2, 0) is 0 Å². The summed E-state index contributed by atoms with van der Waals surface area (Å²) in [7, 11) is 0. The first-order valence-corrected chi connectivity index (χ1v) is 4.56. The first-order chi connectivity index (χ1) is 5.45. The first-order valence-electron chi connectivity index (χ1n) is 3.51. The highest BCUT2D eigenvalue weighted by Crippen LogP contribution is 2.29. The van der Waals surface area contributed by atoms with E-state index in [4.69, 9.17) is 0 Å². The van der Waals surface area contributed by atoms with Gasteiger partial charge >= 0.3 is 0 Å². The van der Waals surface area contributed by atoms with Crippen molar-refractivity contribution in [2.45, 2.75) is 0 Å². The number of thioether (sulfide) groups is 1. The SMILES string of the molecule is C1=C2C=c3[nH]ncc3=C2CS1. The molecule has 0 amide bonds. The fraction of sp³-hybridized carbons (Fsp3) is 0.125. The van der Waals surface area contributed by atoms with E-state index in [0.29, 0.717) is 0 Å². The van der Waals surface area contributed by atoms with Gasteiger partial charge in [-0.25, -0.2) is 0 Å².